The lowest BCUT2D eigenvalue weighted by Gasteiger charge is -2.16. The molecule has 0 radical (unpaired) electrons. The molecule has 1 unspecified atom stereocenters. The lowest BCUT2D eigenvalue weighted by atomic mass is 10.1. The number of urea groups is 1. The Balaban J connectivity index is 1.68. The summed E-state index contributed by atoms with van der Waals surface area (Å²) in [6, 6.07) is -0.118. The number of hydrogen-bond donors (Lipinski definition) is 3. The number of carbonyl (C=O) groups is 2. The van der Waals surface area contributed by atoms with Gasteiger partial charge in [0, 0.05) is 44.4 Å². The molecule has 104 valence electrons. The van der Waals surface area contributed by atoms with Gasteiger partial charge < -0.3 is 20.3 Å². The van der Waals surface area contributed by atoms with Crippen LogP contribution in [0.5, 0.6) is 0 Å². The topological polar surface area (TPSA) is 98.3 Å². The molecule has 1 aromatic heterocycles. The fourth-order valence-corrected chi connectivity index (χ4v) is 2.27. The zero-order chi connectivity index (χ0) is 13.7. The maximum Gasteiger partial charge on any atom is 0.317 e. The Morgan fingerprint density at radius 2 is 2.42 bits per heavy atom. The summed E-state index contributed by atoms with van der Waals surface area (Å²) in [4.78, 5) is 31.0. The quantitative estimate of drug-likeness (QED) is 0.721. The Morgan fingerprint density at radius 1 is 1.58 bits per heavy atom. The van der Waals surface area contributed by atoms with Gasteiger partial charge in [-0.1, -0.05) is 0 Å². The highest BCUT2D eigenvalue weighted by Crippen LogP contribution is 2.19. The molecule has 7 heteroatoms. The number of aromatic amines is 1. The molecule has 1 aromatic rings. The SMILES string of the molecule is O=C(O)CC1CCN(C(=O)NCCc2cnc[nH]2)C1. The number of likely N-dealkylation sites (tertiary alicyclic amines) is 1. The van der Waals surface area contributed by atoms with Gasteiger partial charge in [-0.05, 0) is 12.3 Å². The zero-order valence-corrected chi connectivity index (χ0v) is 10.6. The van der Waals surface area contributed by atoms with Crippen LogP contribution < -0.4 is 5.32 Å². The van der Waals surface area contributed by atoms with Crippen molar-refractivity contribution in [1.29, 1.82) is 0 Å². The number of imidazole rings is 1. The second-order valence-corrected chi connectivity index (χ2v) is 4.76. The Kier molecular flexibility index (Phi) is 4.38. The van der Waals surface area contributed by atoms with E-state index in [-0.39, 0.29) is 18.4 Å². The fraction of sp³-hybridized carbons (Fsp3) is 0.583. The number of amides is 2. The number of carboxylic acids is 1. The van der Waals surface area contributed by atoms with Crippen molar-refractivity contribution in [2.75, 3.05) is 19.6 Å². The number of aliphatic carboxylic acids is 1. The minimum Gasteiger partial charge on any atom is -0.481 e. The number of carbonyl (C=O) groups excluding carboxylic acids is 1. The maximum absolute atomic E-state index is 11.8. The molecule has 0 saturated carbocycles. The van der Waals surface area contributed by atoms with Crippen LogP contribution in [0.2, 0.25) is 0 Å². The van der Waals surface area contributed by atoms with Gasteiger partial charge in [0.2, 0.25) is 0 Å². The molecule has 2 heterocycles. The zero-order valence-electron chi connectivity index (χ0n) is 10.6. The molecule has 19 heavy (non-hydrogen) atoms. The van der Waals surface area contributed by atoms with Crippen molar-refractivity contribution in [3.8, 4) is 0 Å². The lowest BCUT2D eigenvalue weighted by molar-refractivity contribution is -0.138. The molecule has 1 atom stereocenters. The summed E-state index contributed by atoms with van der Waals surface area (Å²) in [7, 11) is 0. The van der Waals surface area contributed by atoms with Crippen LogP contribution in [0.1, 0.15) is 18.5 Å². The third-order valence-corrected chi connectivity index (χ3v) is 3.26. The van der Waals surface area contributed by atoms with Gasteiger partial charge in [0.05, 0.1) is 6.33 Å². The largest absolute Gasteiger partial charge is 0.481 e. The van der Waals surface area contributed by atoms with Crippen LogP contribution in [0.4, 0.5) is 4.79 Å². The summed E-state index contributed by atoms with van der Waals surface area (Å²) < 4.78 is 0. The van der Waals surface area contributed by atoms with Crippen molar-refractivity contribution in [2.45, 2.75) is 19.3 Å². The van der Waals surface area contributed by atoms with Crippen LogP contribution in [0.15, 0.2) is 12.5 Å². The van der Waals surface area contributed by atoms with E-state index in [1.54, 1.807) is 17.4 Å². The van der Waals surface area contributed by atoms with E-state index >= 15 is 0 Å². The summed E-state index contributed by atoms with van der Waals surface area (Å²) in [5.74, 6) is -0.720. The van der Waals surface area contributed by atoms with Gasteiger partial charge in [0.1, 0.15) is 0 Å². The van der Waals surface area contributed by atoms with Gasteiger partial charge in [0.25, 0.3) is 0 Å². The average Bonchev–Trinajstić information content (AvgIpc) is 2.99. The molecular weight excluding hydrogens is 248 g/mol. The molecule has 1 fully saturated rings. The highest BCUT2D eigenvalue weighted by atomic mass is 16.4. The Morgan fingerprint density at radius 3 is 3.11 bits per heavy atom. The molecule has 2 amide bonds. The number of hydrogen-bond acceptors (Lipinski definition) is 3. The number of H-pyrrole nitrogens is 1. The average molecular weight is 266 g/mol. The van der Waals surface area contributed by atoms with E-state index < -0.39 is 5.97 Å². The monoisotopic (exact) mass is 266 g/mol. The van der Waals surface area contributed by atoms with Crippen molar-refractivity contribution in [1.82, 2.24) is 20.2 Å². The molecule has 1 aliphatic rings. The van der Waals surface area contributed by atoms with E-state index in [2.05, 4.69) is 15.3 Å². The molecule has 0 bridgehead atoms. The molecule has 2 rings (SSSR count). The van der Waals surface area contributed by atoms with Crippen LogP contribution in [-0.2, 0) is 11.2 Å². The molecule has 0 spiro atoms. The summed E-state index contributed by atoms with van der Waals surface area (Å²) in [6.45, 7) is 1.71. The van der Waals surface area contributed by atoms with Crippen LogP contribution in [0.25, 0.3) is 0 Å². The van der Waals surface area contributed by atoms with Crippen molar-refractivity contribution in [3.05, 3.63) is 18.2 Å². The predicted octanol–water partition coefficient (Wildman–Crippen LogP) is 0.458. The minimum atomic E-state index is -0.800. The molecular formula is C12H18N4O3. The predicted molar refractivity (Wildman–Crippen MR) is 67.6 cm³/mol. The fourth-order valence-electron chi connectivity index (χ4n) is 2.27. The summed E-state index contributed by atoms with van der Waals surface area (Å²) in [5.41, 5.74) is 0.977. The number of nitrogens with zero attached hydrogens (tertiary/aromatic N) is 2. The van der Waals surface area contributed by atoms with E-state index in [1.807, 2.05) is 0 Å². The van der Waals surface area contributed by atoms with Crippen molar-refractivity contribution in [2.24, 2.45) is 5.92 Å². The molecule has 1 aliphatic heterocycles. The second kappa shape index (κ2) is 6.21. The third kappa shape index (κ3) is 3.97. The van der Waals surface area contributed by atoms with Gasteiger partial charge in [-0.2, -0.15) is 0 Å². The third-order valence-electron chi connectivity index (χ3n) is 3.26. The summed E-state index contributed by atoms with van der Waals surface area (Å²) in [6.07, 6.45) is 4.94. The van der Waals surface area contributed by atoms with E-state index in [0.717, 1.165) is 12.1 Å². The number of nitrogens with one attached hydrogen (secondary N) is 2. The Labute approximate surface area is 111 Å². The van der Waals surface area contributed by atoms with E-state index in [1.165, 1.54) is 0 Å². The van der Waals surface area contributed by atoms with E-state index in [9.17, 15) is 9.59 Å². The first-order valence-electron chi connectivity index (χ1n) is 6.37. The van der Waals surface area contributed by atoms with Gasteiger partial charge in [-0.25, -0.2) is 9.78 Å². The second-order valence-electron chi connectivity index (χ2n) is 4.76. The Bertz CT molecular complexity index is 432. The minimum absolute atomic E-state index is 0.0795. The van der Waals surface area contributed by atoms with Crippen molar-refractivity contribution < 1.29 is 14.7 Å². The summed E-state index contributed by atoms with van der Waals surface area (Å²) >= 11 is 0. The van der Waals surface area contributed by atoms with Gasteiger partial charge in [-0.3, -0.25) is 4.79 Å². The van der Waals surface area contributed by atoms with Crippen LogP contribution >= 0.6 is 0 Å². The van der Waals surface area contributed by atoms with Crippen LogP contribution in [0, 0.1) is 5.92 Å². The maximum atomic E-state index is 11.8. The number of carboxylic acid groups (broad SMARTS) is 1. The van der Waals surface area contributed by atoms with Crippen LogP contribution in [0.3, 0.4) is 0 Å². The first-order chi connectivity index (χ1) is 9.15. The highest BCUT2D eigenvalue weighted by molar-refractivity contribution is 5.74. The van der Waals surface area contributed by atoms with E-state index in [4.69, 9.17) is 5.11 Å². The van der Waals surface area contributed by atoms with Crippen molar-refractivity contribution >= 4 is 12.0 Å². The smallest absolute Gasteiger partial charge is 0.317 e. The highest BCUT2D eigenvalue weighted by Gasteiger charge is 2.27. The molecule has 1 saturated heterocycles. The first kappa shape index (κ1) is 13.4. The van der Waals surface area contributed by atoms with Crippen molar-refractivity contribution in [3.63, 3.8) is 0 Å². The van der Waals surface area contributed by atoms with E-state index in [0.29, 0.717) is 26.1 Å². The molecule has 0 aromatic carbocycles. The van der Waals surface area contributed by atoms with Gasteiger partial charge >= 0.3 is 12.0 Å². The molecule has 3 N–H and O–H groups in total. The standard InChI is InChI=1S/C12H18N4O3/c17-11(18)5-9-2-4-16(7-9)12(19)14-3-1-10-6-13-8-15-10/h6,8-9H,1-5,7H2,(H,13,15)(H,14,19)(H,17,18). The number of aromatic nitrogens is 2. The lowest BCUT2D eigenvalue weighted by Crippen LogP contribution is -2.39. The molecule has 0 aliphatic carbocycles. The first-order valence-corrected chi connectivity index (χ1v) is 6.37. The van der Waals surface area contributed by atoms with Crippen LogP contribution in [-0.4, -0.2) is 51.6 Å². The van der Waals surface area contributed by atoms with Gasteiger partial charge in [-0.15, -0.1) is 0 Å². The number of rotatable bonds is 5. The van der Waals surface area contributed by atoms with Gasteiger partial charge in [0.15, 0.2) is 0 Å². The summed E-state index contributed by atoms with van der Waals surface area (Å²) in [5, 5.41) is 11.5. The Hall–Kier alpha value is -2.05. The normalized spacial score (nSPS) is 18.5. The molecule has 7 nitrogen and oxygen atoms in total.